The highest BCUT2D eigenvalue weighted by Crippen LogP contribution is 2.31. The minimum Gasteiger partial charge on any atom is -0.369 e. The number of hydrogen-bond acceptors (Lipinski definition) is 3. The molecular weight excluding hydrogens is 279 g/mol. The predicted octanol–water partition coefficient (Wildman–Crippen LogP) is 1.83. The Kier molecular flexibility index (Phi) is 4.65. The zero-order valence-corrected chi connectivity index (χ0v) is 12.8. The number of nitrogens with one attached hydrogen (secondary N) is 1. The van der Waals surface area contributed by atoms with E-state index in [-0.39, 0.29) is 5.82 Å². The summed E-state index contributed by atoms with van der Waals surface area (Å²) < 4.78 is 38.6. The molecule has 0 atom stereocenters. The van der Waals surface area contributed by atoms with Gasteiger partial charge in [-0.2, -0.15) is 0 Å². The van der Waals surface area contributed by atoms with Crippen LogP contribution in [0.4, 0.5) is 10.1 Å². The fourth-order valence-corrected chi connectivity index (χ4v) is 3.19. The van der Waals surface area contributed by atoms with Crippen LogP contribution in [0.25, 0.3) is 0 Å². The Labute approximate surface area is 120 Å². The molecule has 0 spiro atoms. The van der Waals surface area contributed by atoms with Gasteiger partial charge in [0, 0.05) is 19.6 Å². The Bertz CT molecular complexity index is 587. The van der Waals surface area contributed by atoms with Gasteiger partial charge in [-0.05, 0) is 43.4 Å². The third-order valence-corrected chi connectivity index (χ3v) is 4.17. The van der Waals surface area contributed by atoms with Gasteiger partial charge in [-0.1, -0.05) is 6.07 Å². The minimum atomic E-state index is -3.14. The smallest absolute Gasteiger partial charge is 0.208 e. The van der Waals surface area contributed by atoms with Crippen molar-refractivity contribution in [2.75, 3.05) is 30.8 Å². The molecule has 1 aromatic rings. The van der Waals surface area contributed by atoms with Crippen molar-refractivity contribution in [3.05, 3.63) is 29.1 Å². The SMILES string of the molecule is Cc1cc(F)c2c(c1)CCCN2CCCNS(C)(=O)=O. The number of hydrogen-bond donors (Lipinski definition) is 1. The van der Waals surface area contributed by atoms with Gasteiger partial charge < -0.3 is 4.90 Å². The van der Waals surface area contributed by atoms with E-state index in [1.807, 2.05) is 17.9 Å². The molecule has 1 aliphatic rings. The zero-order chi connectivity index (χ0) is 14.8. The maximum atomic E-state index is 14.1. The van der Waals surface area contributed by atoms with Crippen molar-refractivity contribution in [3.63, 3.8) is 0 Å². The van der Waals surface area contributed by atoms with Crippen LogP contribution in [0.1, 0.15) is 24.0 Å². The first-order valence-electron chi connectivity index (χ1n) is 6.85. The van der Waals surface area contributed by atoms with Crippen LogP contribution >= 0.6 is 0 Å². The second-order valence-corrected chi connectivity index (χ2v) is 7.20. The fourth-order valence-electron chi connectivity index (χ4n) is 2.67. The first-order chi connectivity index (χ1) is 9.37. The summed E-state index contributed by atoms with van der Waals surface area (Å²) in [6, 6.07) is 3.60. The quantitative estimate of drug-likeness (QED) is 0.844. The van der Waals surface area contributed by atoms with E-state index in [9.17, 15) is 12.8 Å². The van der Waals surface area contributed by atoms with Crippen LogP contribution in [0.15, 0.2) is 12.1 Å². The van der Waals surface area contributed by atoms with Crippen molar-refractivity contribution in [3.8, 4) is 0 Å². The molecule has 0 aliphatic carbocycles. The van der Waals surface area contributed by atoms with E-state index < -0.39 is 10.0 Å². The van der Waals surface area contributed by atoms with Gasteiger partial charge in [0.15, 0.2) is 0 Å². The first-order valence-corrected chi connectivity index (χ1v) is 8.74. The molecule has 112 valence electrons. The molecule has 1 aromatic carbocycles. The molecule has 0 saturated carbocycles. The third-order valence-electron chi connectivity index (χ3n) is 3.45. The zero-order valence-electron chi connectivity index (χ0n) is 11.9. The van der Waals surface area contributed by atoms with Crippen molar-refractivity contribution in [1.82, 2.24) is 4.72 Å². The van der Waals surface area contributed by atoms with Crippen molar-refractivity contribution < 1.29 is 12.8 Å². The molecule has 1 aliphatic heterocycles. The maximum Gasteiger partial charge on any atom is 0.208 e. The van der Waals surface area contributed by atoms with E-state index in [0.717, 1.165) is 36.8 Å². The van der Waals surface area contributed by atoms with Crippen LogP contribution < -0.4 is 9.62 Å². The number of nitrogens with zero attached hydrogens (tertiary/aromatic N) is 1. The molecular formula is C14H21FN2O2S. The topological polar surface area (TPSA) is 49.4 Å². The number of halogens is 1. The Hall–Kier alpha value is -1.14. The molecule has 0 aromatic heterocycles. The van der Waals surface area contributed by atoms with E-state index in [0.29, 0.717) is 25.2 Å². The van der Waals surface area contributed by atoms with Gasteiger partial charge in [0.25, 0.3) is 0 Å². The molecule has 2 rings (SSSR count). The number of sulfonamides is 1. The molecule has 0 amide bonds. The summed E-state index contributed by atoms with van der Waals surface area (Å²) in [6.45, 7) is 3.78. The molecule has 4 nitrogen and oxygen atoms in total. The van der Waals surface area contributed by atoms with Crippen LogP contribution in [-0.4, -0.2) is 34.3 Å². The number of anilines is 1. The summed E-state index contributed by atoms with van der Waals surface area (Å²) in [4.78, 5) is 2.03. The van der Waals surface area contributed by atoms with Crippen LogP contribution in [0.5, 0.6) is 0 Å². The van der Waals surface area contributed by atoms with Gasteiger partial charge in [0.2, 0.25) is 10.0 Å². The van der Waals surface area contributed by atoms with E-state index in [1.54, 1.807) is 6.07 Å². The van der Waals surface area contributed by atoms with E-state index in [1.165, 1.54) is 0 Å². The first kappa shape index (κ1) is 15.3. The fraction of sp³-hybridized carbons (Fsp3) is 0.571. The molecule has 0 radical (unpaired) electrons. The summed E-state index contributed by atoms with van der Waals surface area (Å²) in [6.07, 6.45) is 3.73. The second-order valence-electron chi connectivity index (χ2n) is 5.37. The van der Waals surface area contributed by atoms with Crippen LogP contribution in [0, 0.1) is 12.7 Å². The highest BCUT2D eigenvalue weighted by Gasteiger charge is 2.20. The summed E-state index contributed by atoms with van der Waals surface area (Å²) in [5.41, 5.74) is 2.70. The predicted molar refractivity (Wildman–Crippen MR) is 79.1 cm³/mol. The summed E-state index contributed by atoms with van der Waals surface area (Å²) in [5, 5.41) is 0. The van der Waals surface area contributed by atoms with Gasteiger partial charge >= 0.3 is 0 Å². The van der Waals surface area contributed by atoms with Gasteiger partial charge in [-0.3, -0.25) is 0 Å². The van der Waals surface area contributed by atoms with E-state index >= 15 is 0 Å². The van der Waals surface area contributed by atoms with Crippen LogP contribution in [0.2, 0.25) is 0 Å². The lowest BCUT2D eigenvalue weighted by molar-refractivity contribution is 0.575. The lowest BCUT2D eigenvalue weighted by Gasteiger charge is -2.32. The molecule has 6 heteroatoms. The highest BCUT2D eigenvalue weighted by molar-refractivity contribution is 7.88. The molecule has 0 unspecified atom stereocenters. The van der Waals surface area contributed by atoms with Crippen LogP contribution in [-0.2, 0) is 16.4 Å². The third kappa shape index (κ3) is 3.93. The summed E-state index contributed by atoms with van der Waals surface area (Å²) in [5.74, 6) is -0.171. The summed E-state index contributed by atoms with van der Waals surface area (Å²) in [7, 11) is -3.14. The second kappa shape index (κ2) is 6.10. The van der Waals surface area contributed by atoms with Gasteiger partial charge in [-0.15, -0.1) is 0 Å². The Balaban J connectivity index is 2.02. The van der Waals surface area contributed by atoms with E-state index in [4.69, 9.17) is 0 Å². The Morgan fingerprint density at radius 2 is 2.15 bits per heavy atom. The van der Waals surface area contributed by atoms with Gasteiger partial charge in [-0.25, -0.2) is 17.5 Å². The van der Waals surface area contributed by atoms with Gasteiger partial charge in [0.1, 0.15) is 5.82 Å². The molecule has 0 bridgehead atoms. The Morgan fingerprint density at radius 1 is 1.40 bits per heavy atom. The number of fused-ring (bicyclic) bond motifs is 1. The van der Waals surface area contributed by atoms with Crippen molar-refractivity contribution in [1.29, 1.82) is 0 Å². The molecule has 1 heterocycles. The van der Waals surface area contributed by atoms with Gasteiger partial charge in [0.05, 0.1) is 11.9 Å². The molecule has 0 saturated heterocycles. The maximum absolute atomic E-state index is 14.1. The lowest BCUT2D eigenvalue weighted by atomic mass is 9.99. The van der Waals surface area contributed by atoms with Crippen LogP contribution in [0.3, 0.4) is 0 Å². The number of rotatable bonds is 5. The standard InChI is InChI=1S/C14H21FN2O2S/c1-11-9-12-5-3-7-17(14(12)13(15)10-11)8-4-6-16-20(2,18)19/h9-10,16H,3-8H2,1-2H3. The van der Waals surface area contributed by atoms with Crippen molar-refractivity contribution in [2.45, 2.75) is 26.2 Å². The normalized spacial score (nSPS) is 15.2. The minimum absolute atomic E-state index is 0.171. The highest BCUT2D eigenvalue weighted by atomic mass is 32.2. The number of benzene rings is 1. The molecule has 0 fully saturated rings. The van der Waals surface area contributed by atoms with E-state index in [2.05, 4.69) is 4.72 Å². The molecule has 1 N–H and O–H groups in total. The number of aryl methyl sites for hydroxylation is 2. The molecule has 20 heavy (non-hydrogen) atoms. The van der Waals surface area contributed by atoms with Crippen molar-refractivity contribution >= 4 is 15.7 Å². The average molecular weight is 300 g/mol. The van der Waals surface area contributed by atoms with Crippen molar-refractivity contribution in [2.24, 2.45) is 0 Å². The monoisotopic (exact) mass is 300 g/mol. The Morgan fingerprint density at radius 3 is 2.85 bits per heavy atom. The largest absolute Gasteiger partial charge is 0.369 e. The lowest BCUT2D eigenvalue weighted by Crippen LogP contribution is -2.33. The average Bonchev–Trinajstić information content (AvgIpc) is 2.32. The summed E-state index contributed by atoms with van der Waals surface area (Å²) >= 11 is 0.